The quantitative estimate of drug-likeness (QED) is 0.580. The van der Waals surface area contributed by atoms with Gasteiger partial charge in [-0.1, -0.05) is 23.5 Å². The van der Waals surface area contributed by atoms with Crippen LogP contribution in [0.25, 0.3) is 4.96 Å². The monoisotopic (exact) mass is 306 g/mol. The summed E-state index contributed by atoms with van der Waals surface area (Å²) in [6, 6.07) is 6.17. The van der Waals surface area contributed by atoms with Crippen molar-refractivity contribution in [1.82, 2.24) is 9.38 Å². The summed E-state index contributed by atoms with van der Waals surface area (Å²) >= 11 is 1.34. The first kappa shape index (κ1) is 13.5. The molecule has 0 spiro atoms. The molecule has 0 saturated heterocycles. The second kappa shape index (κ2) is 5.49. The number of benzene rings is 1. The Morgan fingerprint density at radius 1 is 1.38 bits per heavy atom. The Labute approximate surface area is 123 Å². The van der Waals surface area contributed by atoms with E-state index < -0.39 is 4.92 Å². The van der Waals surface area contributed by atoms with E-state index in [1.54, 1.807) is 23.7 Å². The number of anilines is 1. The van der Waals surface area contributed by atoms with Crippen molar-refractivity contribution < 1.29 is 9.31 Å². The summed E-state index contributed by atoms with van der Waals surface area (Å²) in [6.07, 6.45) is 2.25. The van der Waals surface area contributed by atoms with Crippen LogP contribution in [0.4, 0.5) is 16.0 Å². The smallest absolute Gasteiger partial charge is 0.363 e. The van der Waals surface area contributed by atoms with E-state index >= 15 is 0 Å². The molecular formula is C13H11FN4O2S. The highest BCUT2D eigenvalue weighted by molar-refractivity contribution is 7.15. The van der Waals surface area contributed by atoms with Gasteiger partial charge < -0.3 is 15.4 Å². The fourth-order valence-corrected chi connectivity index (χ4v) is 2.75. The van der Waals surface area contributed by atoms with Crippen molar-refractivity contribution in [1.29, 1.82) is 0 Å². The van der Waals surface area contributed by atoms with Gasteiger partial charge in [0.15, 0.2) is 0 Å². The molecule has 0 radical (unpaired) electrons. The van der Waals surface area contributed by atoms with Crippen LogP contribution in [0.1, 0.15) is 5.56 Å². The number of nitrogens with one attached hydrogen (secondary N) is 1. The van der Waals surface area contributed by atoms with Gasteiger partial charge in [-0.3, -0.25) is 0 Å². The predicted molar refractivity (Wildman–Crippen MR) is 78.3 cm³/mol. The Morgan fingerprint density at radius 3 is 2.86 bits per heavy atom. The van der Waals surface area contributed by atoms with E-state index in [1.807, 2.05) is 0 Å². The van der Waals surface area contributed by atoms with Gasteiger partial charge in [0.25, 0.3) is 4.96 Å². The number of hydrogen-bond donors (Lipinski definition) is 1. The molecule has 6 nitrogen and oxygen atoms in total. The third kappa shape index (κ3) is 2.70. The summed E-state index contributed by atoms with van der Waals surface area (Å²) < 4.78 is 14.2. The van der Waals surface area contributed by atoms with E-state index in [0.717, 1.165) is 5.56 Å². The van der Waals surface area contributed by atoms with Crippen molar-refractivity contribution >= 4 is 27.9 Å². The maximum atomic E-state index is 12.8. The first-order chi connectivity index (χ1) is 10.1. The van der Waals surface area contributed by atoms with E-state index in [0.29, 0.717) is 17.9 Å². The van der Waals surface area contributed by atoms with E-state index in [9.17, 15) is 14.5 Å². The fourth-order valence-electron chi connectivity index (χ4n) is 2.04. The Bertz CT molecular complexity index is 781. The molecule has 21 heavy (non-hydrogen) atoms. The van der Waals surface area contributed by atoms with Crippen LogP contribution in [-0.2, 0) is 6.42 Å². The molecule has 0 bridgehead atoms. The van der Waals surface area contributed by atoms with Crippen molar-refractivity contribution in [2.24, 2.45) is 0 Å². The van der Waals surface area contributed by atoms with Crippen molar-refractivity contribution in [3.8, 4) is 0 Å². The van der Waals surface area contributed by atoms with Crippen LogP contribution in [0.2, 0.25) is 0 Å². The molecule has 2 heterocycles. The maximum Gasteiger partial charge on any atom is 0.372 e. The van der Waals surface area contributed by atoms with Crippen LogP contribution < -0.4 is 5.32 Å². The first-order valence-electron chi connectivity index (χ1n) is 6.23. The fraction of sp³-hybridized carbons (Fsp3) is 0.154. The lowest BCUT2D eigenvalue weighted by Crippen LogP contribution is -2.07. The normalized spacial score (nSPS) is 10.9. The lowest BCUT2D eigenvalue weighted by atomic mass is 10.1. The van der Waals surface area contributed by atoms with Gasteiger partial charge in [-0.2, -0.15) is 9.38 Å². The molecular weight excluding hydrogens is 295 g/mol. The third-order valence-corrected chi connectivity index (χ3v) is 3.79. The molecule has 0 saturated carbocycles. The van der Waals surface area contributed by atoms with E-state index in [1.165, 1.54) is 27.9 Å². The maximum absolute atomic E-state index is 12.8. The standard InChI is InChI=1S/C13H11FN4O2S/c14-10-3-1-9(2-4-10)5-6-15-11-12(18(19)20)17-7-8-21-13(17)16-11/h1-4,7-8,15H,5-6H2. The average molecular weight is 306 g/mol. The molecule has 8 heteroatoms. The second-order valence-electron chi connectivity index (χ2n) is 4.40. The molecule has 0 aliphatic carbocycles. The number of aromatic nitrogens is 2. The van der Waals surface area contributed by atoms with Crippen molar-refractivity contribution in [3.05, 3.63) is 57.3 Å². The van der Waals surface area contributed by atoms with Gasteiger partial charge in [0.05, 0.1) is 0 Å². The molecule has 0 amide bonds. The lowest BCUT2D eigenvalue weighted by molar-refractivity contribution is -0.389. The third-order valence-electron chi connectivity index (χ3n) is 3.03. The molecule has 0 fully saturated rings. The highest BCUT2D eigenvalue weighted by Crippen LogP contribution is 2.27. The highest BCUT2D eigenvalue weighted by atomic mass is 32.1. The van der Waals surface area contributed by atoms with Gasteiger partial charge >= 0.3 is 5.82 Å². The molecule has 0 atom stereocenters. The van der Waals surface area contributed by atoms with Crippen LogP contribution in [0.15, 0.2) is 35.8 Å². The number of hydrogen-bond acceptors (Lipinski definition) is 5. The zero-order valence-corrected chi connectivity index (χ0v) is 11.6. The summed E-state index contributed by atoms with van der Waals surface area (Å²) in [5.41, 5.74) is 0.951. The number of fused-ring (bicyclic) bond motifs is 1. The lowest BCUT2D eigenvalue weighted by Gasteiger charge is -2.03. The summed E-state index contributed by atoms with van der Waals surface area (Å²) in [4.78, 5) is 15.5. The summed E-state index contributed by atoms with van der Waals surface area (Å²) in [5, 5.41) is 15.9. The number of halogens is 1. The predicted octanol–water partition coefficient (Wildman–Crippen LogP) is 3.10. The van der Waals surface area contributed by atoms with Gasteiger partial charge in [-0.05, 0) is 29.0 Å². The Morgan fingerprint density at radius 2 is 2.14 bits per heavy atom. The van der Waals surface area contributed by atoms with Crippen LogP contribution in [-0.4, -0.2) is 20.9 Å². The van der Waals surface area contributed by atoms with Crippen molar-refractivity contribution in [2.45, 2.75) is 6.42 Å². The summed E-state index contributed by atoms with van der Waals surface area (Å²) in [6.45, 7) is 0.483. The Balaban J connectivity index is 1.73. The Kier molecular flexibility index (Phi) is 3.53. The first-order valence-corrected chi connectivity index (χ1v) is 7.11. The largest absolute Gasteiger partial charge is 0.372 e. The minimum Gasteiger partial charge on any atom is -0.363 e. The molecule has 1 N–H and O–H groups in total. The SMILES string of the molecule is O=[N+]([O-])c1c(NCCc2ccc(F)cc2)nc2sccn12. The van der Waals surface area contributed by atoms with Crippen LogP contribution in [0.5, 0.6) is 0 Å². The minimum atomic E-state index is -0.451. The zero-order chi connectivity index (χ0) is 14.8. The molecule has 1 aromatic carbocycles. The second-order valence-corrected chi connectivity index (χ2v) is 5.27. The van der Waals surface area contributed by atoms with E-state index in [-0.39, 0.29) is 17.5 Å². The topological polar surface area (TPSA) is 72.5 Å². The van der Waals surface area contributed by atoms with Gasteiger partial charge in [-0.25, -0.2) is 4.39 Å². The number of imidazole rings is 1. The number of nitrogens with zero attached hydrogens (tertiary/aromatic N) is 3. The van der Waals surface area contributed by atoms with Crippen molar-refractivity contribution in [2.75, 3.05) is 11.9 Å². The molecule has 0 unspecified atom stereocenters. The van der Waals surface area contributed by atoms with Crippen LogP contribution >= 0.6 is 11.3 Å². The summed E-state index contributed by atoms with van der Waals surface area (Å²) in [5.74, 6) is -0.0870. The van der Waals surface area contributed by atoms with Gasteiger partial charge in [0.2, 0.25) is 5.82 Å². The highest BCUT2D eigenvalue weighted by Gasteiger charge is 2.22. The van der Waals surface area contributed by atoms with Crippen LogP contribution in [0.3, 0.4) is 0 Å². The van der Waals surface area contributed by atoms with Gasteiger partial charge in [0.1, 0.15) is 12.0 Å². The Hall–Kier alpha value is -2.48. The average Bonchev–Trinajstić information content (AvgIpc) is 3.00. The summed E-state index contributed by atoms with van der Waals surface area (Å²) in [7, 11) is 0. The zero-order valence-electron chi connectivity index (χ0n) is 10.8. The molecule has 108 valence electrons. The molecule has 3 aromatic rings. The van der Waals surface area contributed by atoms with Crippen molar-refractivity contribution in [3.63, 3.8) is 0 Å². The number of rotatable bonds is 5. The van der Waals surface area contributed by atoms with E-state index in [4.69, 9.17) is 0 Å². The number of thiazole rings is 1. The molecule has 0 aliphatic heterocycles. The molecule has 3 rings (SSSR count). The minimum absolute atomic E-state index is 0.0645. The molecule has 0 aliphatic rings. The van der Waals surface area contributed by atoms with Gasteiger partial charge in [0, 0.05) is 11.9 Å². The van der Waals surface area contributed by atoms with Crippen LogP contribution in [0, 0.1) is 15.9 Å². The number of nitro groups is 1. The van der Waals surface area contributed by atoms with Gasteiger partial charge in [-0.15, -0.1) is 0 Å². The van der Waals surface area contributed by atoms with E-state index in [2.05, 4.69) is 10.3 Å². The molecule has 2 aromatic heterocycles.